The van der Waals surface area contributed by atoms with Crippen molar-refractivity contribution in [2.24, 2.45) is 0 Å². The van der Waals surface area contributed by atoms with Crippen LogP contribution in [0.25, 0.3) is 27.9 Å². The van der Waals surface area contributed by atoms with E-state index < -0.39 is 0 Å². The molecule has 0 spiro atoms. The Morgan fingerprint density at radius 2 is 0.612 bits per heavy atom. The third kappa shape index (κ3) is 28.9. The number of aromatic nitrogens is 5. The van der Waals surface area contributed by atoms with Gasteiger partial charge in [0.25, 0.3) is 27.8 Å². The Bertz CT molecular complexity index is 6880. The number of ether oxygens (including phenoxy) is 3. The number of nitrogens with one attached hydrogen (secondary N) is 10. The minimum atomic E-state index is -0.0951. The summed E-state index contributed by atoms with van der Waals surface area (Å²) in [6.45, 7) is 5.91. The number of pyridine rings is 5. The Kier molecular flexibility index (Phi) is 34.8. The van der Waals surface area contributed by atoms with E-state index in [0.717, 1.165) is 230 Å². The largest absolute Gasteiger partial charge is 0.494 e. The van der Waals surface area contributed by atoms with Crippen LogP contribution in [0.4, 0.5) is 0 Å². The van der Waals surface area contributed by atoms with Crippen LogP contribution in [-0.4, -0.2) is 138 Å². The molecule has 30 heteroatoms. The van der Waals surface area contributed by atoms with Crippen LogP contribution in [-0.2, 0) is 24.0 Å². The highest BCUT2D eigenvalue weighted by molar-refractivity contribution is 8.00. The number of carbonyl (C=O) groups is 5. The molecule has 0 bridgehead atoms. The third-order valence-corrected chi connectivity index (χ3v) is 32.1. The maximum Gasteiger partial charge on any atom is 0.251 e. The Morgan fingerprint density at radius 3 is 0.891 bits per heavy atom. The predicted molar refractivity (Wildman–Crippen MR) is 581 cm³/mol. The summed E-state index contributed by atoms with van der Waals surface area (Å²) in [7, 11) is 0. The minimum Gasteiger partial charge on any atom is -0.494 e. The number of aliphatic hydroxyl groups excluding tert-OH is 2. The zero-order valence-corrected chi connectivity index (χ0v) is 86.7. The van der Waals surface area contributed by atoms with E-state index in [4.69, 9.17) is 59.2 Å². The summed E-state index contributed by atoms with van der Waals surface area (Å²) in [6.07, 6.45) is 35.4. The lowest BCUT2D eigenvalue weighted by atomic mass is 9.97. The number of halogens is 3. The van der Waals surface area contributed by atoms with E-state index in [-0.39, 0.29) is 101 Å². The zero-order valence-electron chi connectivity index (χ0n) is 82.8. The van der Waals surface area contributed by atoms with Crippen molar-refractivity contribution in [1.29, 1.82) is 0 Å². The fraction of sp³-hybridized carbons (Fsp3) is 0.402. The molecule has 5 amide bonds. The van der Waals surface area contributed by atoms with Crippen LogP contribution >= 0.6 is 58.3 Å². The number of aliphatic hydroxyl groups is 2. The van der Waals surface area contributed by atoms with Crippen LogP contribution in [0.3, 0.4) is 0 Å². The third-order valence-electron chi connectivity index (χ3n) is 28.1. The summed E-state index contributed by atoms with van der Waals surface area (Å²) in [6, 6.07) is 50.8. The normalized spacial score (nSPS) is 20.3. The van der Waals surface area contributed by atoms with E-state index in [1.165, 1.54) is 36.1 Å². The Hall–Kier alpha value is -12.2. The molecule has 0 radical (unpaired) electrons. The van der Waals surface area contributed by atoms with Crippen molar-refractivity contribution in [3.05, 3.63) is 345 Å². The molecule has 147 heavy (non-hydrogen) atoms. The van der Waals surface area contributed by atoms with Crippen molar-refractivity contribution >= 4 is 116 Å². The molecule has 25 nitrogen and oxygen atoms in total. The van der Waals surface area contributed by atoms with Crippen molar-refractivity contribution in [3.8, 4) is 17.2 Å². The quantitative estimate of drug-likeness (QED) is 0.0162. The second kappa shape index (κ2) is 48.8. The average molecular weight is 2080 g/mol. The second-order valence-corrected chi connectivity index (χ2v) is 44.1. The zero-order chi connectivity index (χ0) is 102. The number of unbranched alkanes of at least 4 members (excludes halogenated alkanes) is 2. The number of aromatic amines is 5. The molecule has 22 rings (SSSR count). The summed E-state index contributed by atoms with van der Waals surface area (Å²) in [4.78, 5) is 139. The molecule has 768 valence electrons. The van der Waals surface area contributed by atoms with Crippen LogP contribution in [0.2, 0.25) is 15.1 Å². The number of benzene rings is 5. The predicted octanol–water partition coefficient (Wildman–Crippen LogP) is 20.3. The lowest BCUT2D eigenvalue weighted by Crippen LogP contribution is -2.23. The van der Waals surface area contributed by atoms with Crippen LogP contribution in [0.15, 0.2) is 222 Å². The number of amides is 5. The second-order valence-electron chi connectivity index (χ2n) is 40.2. The highest BCUT2D eigenvalue weighted by Crippen LogP contribution is 2.48. The number of carbonyl (C=O) groups excluding carboxylic acids is 5. The molecular formula is C117H127Cl3N10O15S2. The lowest BCUT2D eigenvalue weighted by molar-refractivity contribution is -0.120. The summed E-state index contributed by atoms with van der Waals surface area (Å²) in [5.74, 6) is 4.21. The molecule has 5 atom stereocenters. The molecule has 7 aliphatic carbocycles. The first-order chi connectivity index (χ1) is 71.4. The first kappa shape index (κ1) is 105. The fourth-order valence-corrected chi connectivity index (χ4v) is 22.0. The smallest absolute Gasteiger partial charge is 0.251 e. The van der Waals surface area contributed by atoms with E-state index in [1.54, 1.807) is 0 Å². The Morgan fingerprint density at radius 1 is 0.320 bits per heavy atom. The first-order valence-electron chi connectivity index (χ1n) is 52.2. The van der Waals surface area contributed by atoms with E-state index in [1.807, 2.05) is 182 Å². The summed E-state index contributed by atoms with van der Waals surface area (Å²) < 4.78 is 17.1. The average Bonchev–Trinajstić information content (AvgIpc) is 1.72. The lowest BCUT2D eigenvalue weighted by Gasteiger charge is -2.15. The molecular weight excluding hydrogens is 1960 g/mol. The van der Waals surface area contributed by atoms with Crippen molar-refractivity contribution in [2.45, 2.75) is 274 Å². The molecule has 7 saturated carbocycles. The van der Waals surface area contributed by atoms with E-state index >= 15 is 0 Å². The van der Waals surface area contributed by atoms with Gasteiger partial charge in [-0.2, -0.15) is 0 Å². The molecule has 5 aromatic heterocycles. The molecule has 0 unspecified atom stereocenters. The first-order valence-corrected chi connectivity index (χ1v) is 55.0. The fourth-order valence-electron chi connectivity index (χ4n) is 19.0. The van der Waals surface area contributed by atoms with Gasteiger partial charge in [-0.3, -0.25) is 47.9 Å². The van der Waals surface area contributed by atoms with Crippen LogP contribution in [0.1, 0.15) is 306 Å². The van der Waals surface area contributed by atoms with E-state index in [0.29, 0.717) is 133 Å². The number of aryl methyl sites for hydroxylation is 1. The van der Waals surface area contributed by atoms with Gasteiger partial charge in [0.15, 0.2) is 0 Å². The monoisotopic (exact) mass is 2080 g/mol. The van der Waals surface area contributed by atoms with Gasteiger partial charge in [0.2, 0.25) is 29.5 Å². The molecule has 5 aliphatic heterocycles. The van der Waals surface area contributed by atoms with Crippen molar-refractivity contribution in [3.63, 3.8) is 0 Å². The number of rotatable bonds is 36. The van der Waals surface area contributed by atoms with Gasteiger partial charge in [-0.15, -0.1) is 23.5 Å². The number of hydrogen-bond donors (Lipinski definition) is 12. The number of thioether (sulfide) groups is 2. The molecule has 10 aromatic rings. The number of hydrogen-bond acceptors (Lipinski definition) is 17. The highest BCUT2D eigenvalue weighted by Gasteiger charge is 2.35. The minimum absolute atomic E-state index is 0.00457. The summed E-state index contributed by atoms with van der Waals surface area (Å²) in [5, 5.41) is 35.9. The van der Waals surface area contributed by atoms with Crippen molar-refractivity contribution < 1.29 is 48.4 Å². The Balaban J connectivity index is 0.000000120. The SMILES string of the molecule is CCOc1ccc(/C(=C\[C@H]2CCC(=O)N2)c2ccc(C3CC3)c(=O)[nH]2)cc1Cl.Cc1cc(/C(=C\[C@H]2CCC(=O)N2)c2ccc(C3CC3)c(=O)[nH]2)ccc1SC1CC1.O=C1CC[C@H](/C=C(\c2ccc(OCCCCO)c(Cl)c2)c2ccc(C3CC3)c(=O)[nH]2)N1.O=C1CC[C@H](/C=C(\c2ccc(SC3CC3)c(Cl)c2)c2ccc(C3CC3)c(=O)[nH]2)N1.O=C1CC[C@H](/C=C(\c2cccc(OCCCCO)c2)c2ccc(C3CC3)c(=O)[nH]2)N1. The molecule has 12 aliphatic rings. The van der Waals surface area contributed by atoms with Crippen molar-refractivity contribution in [1.82, 2.24) is 51.5 Å². The topological polar surface area (TPSA) is 378 Å². The van der Waals surface area contributed by atoms with Crippen LogP contribution in [0.5, 0.6) is 17.2 Å². The van der Waals surface area contributed by atoms with Crippen LogP contribution < -0.4 is 68.6 Å². The maximum absolute atomic E-state index is 12.6. The summed E-state index contributed by atoms with van der Waals surface area (Å²) >= 11 is 23.3. The van der Waals surface area contributed by atoms with E-state index in [9.17, 15) is 47.9 Å². The standard InChI is InChI=1S/C24H27ClN2O4.C24H28N2O4.C24H26N2O2S.C23H23ClN2O2S.C22H23ClN2O3/c25-20-13-16(5-9-22(20)31-12-2-1-11-28)19(14-17-6-10-23(29)26-17)21-8-7-18(15-3-4-15)24(30)27-21;27-12-1-2-13-30-19-5-3-4-17(14-19)21(15-18-8-11-23(28)25-18)22-10-9-20(16-6-7-16)24(29)26-22;1-14-12-16(4-10-22(14)29-18-6-7-18)20(13-17-5-11-23(27)25-17)21-9-8-19(15-2-3-15)24(28)26-21;24-19-11-14(3-9-21(19)29-16-5-6-16)18(12-15-4-10-22(27)25-15)20-8-7-17(13-1-2-13)23(28)26-20;1-2-28-20-9-5-14(11-18(20)23)17(12-15-6-10-21(26)24-15)19-8-7-16(13-3-4-13)22(27)25-19/h5,7-9,13-15,17,28H,1-4,6,10-12H2,(H,26,29)(H,27,30);3-5,9-10,14-16,18,27H,1-2,6-8,11-13H2,(H,25,28)(H,26,29);4,8-10,12-13,15,17-18H,2-3,5-7,11H2,1H3,(H,25,27)(H,26,28);3,7-9,11-13,15-16H,1-2,4-6,10H2,(H,25,27)(H,26,28);5,7-9,11-13,15H,2-4,6,10H2,1H3,(H,24,26)(H,25,27)/b19-14+;21-15+;20-13+;18-12+;17-12+/t17-;18-;17-;2*15-/m11111/s1. The summed E-state index contributed by atoms with van der Waals surface area (Å²) in [5.41, 5.74) is 18.3. The molecule has 12 N–H and O–H groups in total. The van der Waals surface area contributed by atoms with Gasteiger partial charge < -0.3 is 75.9 Å². The van der Waals surface area contributed by atoms with Gasteiger partial charge >= 0.3 is 0 Å². The van der Waals surface area contributed by atoms with Crippen LogP contribution in [0, 0.1) is 6.92 Å². The Labute approximate surface area is 878 Å². The number of H-pyrrole nitrogens is 5. The molecule has 10 heterocycles. The highest BCUT2D eigenvalue weighted by atomic mass is 35.5. The van der Waals surface area contributed by atoms with Crippen molar-refractivity contribution in [2.75, 3.05) is 33.0 Å². The van der Waals surface area contributed by atoms with Gasteiger partial charge in [0.05, 0.1) is 34.9 Å². The van der Waals surface area contributed by atoms with Gasteiger partial charge in [-0.05, 0) is 309 Å². The van der Waals surface area contributed by atoms with Gasteiger partial charge in [-0.25, -0.2) is 0 Å². The van der Waals surface area contributed by atoms with Gasteiger partial charge in [0.1, 0.15) is 17.2 Å². The molecule has 5 saturated heterocycles. The van der Waals surface area contributed by atoms with E-state index in [2.05, 4.69) is 94.8 Å². The molecule has 12 fully saturated rings. The van der Waals surface area contributed by atoms with Gasteiger partial charge in [-0.1, -0.05) is 138 Å². The molecule has 5 aromatic carbocycles. The van der Waals surface area contributed by atoms with Gasteiger partial charge in [0, 0.05) is 180 Å². The maximum atomic E-state index is 12.6.